The van der Waals surface area contributed by atoms with Gasteiger partial charge in [0.2, 0.25) is 0 Å². The summed E-state index contributed by atoms with van der Waals surface area (Å²) in [4.78, 5) is 36.8. The third-order valence-electron chi connectivity index (χ3n) is 8.75. The van der Waals surface area contributed by atoms with Gasteiger partial charge in [-0.3, -0.25) is 14.4 Å². The number of alkyl halides is 1. The lowest BCUT2D eigenvalue weighted by atomic mass is 9.46. The average molecular weight is 451 g/mol. The van der Waals surface area contributed by atoms with Crippen molar-refractivity contribution in [3.8, 4) is 0 Å². The van der Waals surface area contributed by atoms with Gasteiger partial charge in [0, 0.05) is 18.3 Å². The van der Waals surface area contributed by atoms with Gasteiger partial charge in [-0.2, -0.15) is 0 Å². The Morgan fingerprint density at radius 2 is 1.96 bits per heavy atom. The van der Waals surface area contributed by atoms with Crippen molar-refractivity contribution in [1.29, 1.82) is 0 Å². The molecule has 0 aromatic heterocycles. The largest absolute Gasteiger partial charge is 0.461 e. The standard InChI is InChI=1S/C23H31BrO4/c1-13(25)17-6-7-18-16-5-4-14-10-15(26)8-9-22(14,2)21(16)19(11-23(17,18)3)28-20(27)12-24/h10,16-19,21H,4-9,11-12H2,1-3H3/t16-,17+,18-,19?,21+,22-,23+/m0/s1. The summed E-state index contributed by atoms with van der Waals surface area (Å²) in [6.45, 7) is 6.27. The van der Waals surface area contributed by atoms with E-state index in [0.29, 0.717) is 18.3 Å². The van der Waals surface area contributed by atoms with E-state index in [1.807, 2.05) is 6.08 Å². The van der Waals surface area contributed by atoms with Gasteiger partial charge in [0.15, 0.2) is 5.78 Å². The number of esters is 1. The monoisotopic (exact) mass is 450 g/mol. The molecular formula is C23H31BrO4. The number of Topliss-reactive ketones (excluding diaryl/α,β-unsaturated/α-hetero) is 1. The van der Waals surface area contributed by atoms with E-state index in [4.69, 9.17) is 4.74 Å². The zero-order chi connectivity index (χ0) is 20.3. The van der Waals surface area contributed by atoms with Crippen LogP contribution in [0.15, 0.2) is 11.6 Å². The molecule has 3 saturated carbocycles. The van der Waals surface area contributed by atoms with Crippen LogP contribution in [0.1, 0.15) is 65.7 Å². The van der Waals surface area contributed by atoms with Crippen LogP contribution >= 0.6 is 15.9 Å². The van der Waals surface area contributed by atoms with Crippen molar-refractivity contribution in [2.45, 2.75) is 71.8 Å². The lowest BCUT2D eigenvalue weighted by Crippen LogP contribution is -2.58. The van der Waals surface area contributed by atoms with Crippen molar-refractivity contribution >= 4 is 33.5 Å². The second-order valence-corrected chi connectivity index (χ2v) is 10.6. The summed E-state index contributed by atoms with van der Waals surface area (Å²) in [7, 11) is 0. The first kappa shape index (κ1) is 20.3. The summed E-state index contributed by atoms with van der Waals surface area (Å²) < 4.78 is 6.04. The molecule has 0 amide bonds. The van der Waals surface area contributed by atoms with Gasteiger partial charge in [0.25, 0.3) is 0 Å². The van der Waals surface area contributed by atoms with Crippen molar-refractivity contribution in [1.82, 2.24) is 0 Å². The molecule has 1 unspecified atom stereocenters. The number of halogens is 1. The van der Waals surface area contributed by atoms with E-state index < -0.39 is 0 Å². The molecule has 0 saturated heterocycles. The molecule has 0 spiro atoms. The Morgan fingerprint density at radius 1 is 1.21 bits per heavy atom. The van der Waals surface area contributed by atoms with Crippen molar-refractivity contribution in [2.75, 3.05) is 5.33 Å². The molecule has 5 heteroatoms. The van der Waals surface area contributed by atoms with Gasteiger partial charge < -0.3 is 4.74 Å². The molecular weight excluding hydrogens is 420 g/mol. The van der Waals surface area contributed by atoms with Crippen LogP contribution in [-0.4, -0.2) is 29.0 Å². The minimum Gasteiger partial charge on any atom is -0.461 e. The van der Waals surface area contributed by atoms with E-state index in [0.717, 1.165) is 38.5 Å². The van der Waals surface area contributed by atoms with E-state index in [-0.39, 0.29) is 51.6 Å². The Bertz CT molecular complexity index is 743. The first-order valence-corrected chi connectivity index (χ1v) is 11.8. The van der Waals surface area contributed by atoms with Gasteiger partial charge >= 0.3 is 5.97 Å². The van der Waals surface area contributed by atoms with Gasteiger partial charge in [-0.1, -0.05) is 35.4 Å². The van der Waals surface area contributed by atoms with E-state index >= 15 is 0 Å². The molecule has 0 bridgehead atoms. The van der Waals surface area contributed by atoms with E-state index in [9.17, 15) is 14.4 Å². The Labute approximate surface area is 176 Å². The van der Waals surface area contributed by atoms with Gasteiger partial charge in [0.1, 0.15) is 17.2 Å². The predicted molar refractivity (Wildman–Crippen MR) is 110 cm³/mol. The minimum absolute atomic E-state index is 0.0706. The van der Waals surface area contributed by atoms with Crippen molar-refractivity contribution in [2.24, 2.45) is 34.5 Å². The fourth-order valence-electron chi connectivity index (χ4n) is 7.63. The first-order valence-electron chi connectivity index (χ1n) is 10.7. The molecule has 4 rings (SSSR count). The van der Waals surface area contributed by atoms with Crippen molar-refractivity contribution in [3.05, 3.63) is 11.6 Å². The van der Waals surface area contributed by atoms with Gasteiger partial charge in [0.05, 0.1) is 0 Å². The van der Waals surface area contributed by atoms with Crippen LogP contribution in [0.5, 0.6) is 0 Å². The molecule has 4 aliphatic carbocycles. The first-order chi connectivity index (χ1) is 13.2. The molecule has 3 fully saturated rings. The molecule has 0 N–H and O–H groups in total. The lowest BCUT2D eigenvalue weighted by molar-refractivity contribution is -0.175. The Morgan fingerprint density at radius 3 is 2.64 bits per heavy atom. The third kappa shape index (κ3) is 2.95. The highest BCUT2D eigenvalue weighted by Crippen LogP contribution is 2.67. The second-order valence-electron chi connectivity index (χ2n) is 10.0. The summed E-state index contributed by atoms with van der Waals surface area (Å²) in [5.41, 5.74) is 1.09. The average Bonchev–Trinajstić information content (AvgIpc) is 2.98. The molecule has 0 aromatic rings. The molecule has 4 aliphatic rings. The maximum atomic E-state index is 12.4. The SMILES string of the molecule is CC(=O)[C@H]1CC[C@H]2[C@@H]3CCC4=CC(=O)CC[C@]4(C)[C@H]3C(OC(=O)CBr)C[C@]12C. The molecule has 28 heavy (non-hydrogen) atoms. The van der Waals surface area contributed by atoms with Crippen LogP contribution in [-0.2, 0) is 19.1 Å². The van der Waals surface area contributed by atoms with E-state index in [2.05, 4.69) is 29.8 Å². The minimum atomic E-state index is -0.227. The summed E-state index contributed by atoms with van der Waals surface area (Å²) in [5.74, 6) is 1.55. The number of carbonyl (C=O) groups excluding carboxylic acids is 3. The molecule has 154 valence electrons. The Hall–Kier alpha value is -0.970. The van der Waals surface area contributed by atoms with Crippen LogP contribution in [0.4, 0.5) is 0 Å². The van der Waals surface area contributed by atoms with Crippen LogP contribution in [0, 0.1) is 34.5 Å². The molecule has 7 atom stereocenters. The number of hydrogen-bond acceptors (Lipinski definition) is 4. The number of hydrogen-bond donors (Lipinski definition) is 0. The zero-order valence-corrected chi connectivity index (χ0v) is 18.7. The number of allylic oxidation sites excluding steroid dienone is 1. The molecule has 0 heterocycles. The van der Waals surface area contributed by atoms with E-state index in [1.54, 1.807) is 6.92 Å². The van der Waals surface area contributed by atoms with Crippen molar-refractivity contribution in [3.63, 3.8) is 0 Å². The van der Waals surface area contributed by atoms with E-state index in [1.165, 1.54) is 5.57 Å². The highest BCUT2D eigenvalue weighted by Gasteiger charge is 2.63. The topological polar surface area (TPSA) is 60.4 Å². The fourth-order valence-corrected chi connectivity index (χ4v) is 7.76. The number of rotatable bonds is 3. The second kappa shape index (κ2) is 7.07. The number of carbonyl (C=O) groups is 3. The van der Waals surface area contributed by atoms with Gasteiger partial charge in [-0.05, 0) is 74.2 Å². The van der Waals surface area contributed by atoms with Gasteiger partial charge in [-0.15, -0.1) is 0 Å². The summed E-state index contributed by atoms with van der Waals surface area (Å²) in [5, 5.41) is 0.190. The number of ketones is 2. The van der Waals surface area contributed by atoms with Crippen LogP contribution < -0.4 is 0 Å². The summed E-state index contributed by atoms with van der Waals surface area (Å²) in [6.07, 6.45) is 7.93. The molecule has 0 aliphatic heterocycles. The normalized spacial score (nSPS) is 44.8. The van der Waals surface area contributed by atoms with Crippen molar-refractivity contribution < 1.29 is 19.1 Å². The molecule has 0 radical (unpaired) electrons. The van der Waals surface area contributed by atoms with Crippen LogP contribution in [0.2, 0.25) is 0 Å². The number of ether oxygens (including phenoxy) is 1. The zero-order valence-electron chi connectivity index (χ0n) is 17.1. The Balaban J connectivity index is 1.76. The maximum Gasteiger partial charge on any atom is 0.316 e. The molecule has 0 aromatic carbocycles. The van der Waals surface area contributed by atoms with Crippen LogP contribution in [0.25, 0.3) is 0 Å². The van der Waals surface area contributed by atoms with Crippen LogP contribution in [0.3, 0.4) is 0 Å². The third-order valence-corrected chi connectivity index (χ3v) is 9.21. The number of fused-ring (bicyclic) bond motifs is 5. The highest BCUT2D eigenvalue weighted by molar-refractivity contribution is 9.09. The fraction of sp³-hybridized carbons (Fsp3) is 0.783. The quantitative estimate of drug-likeness (QED) is 0.463. The lowest BCUT2D eigenvalue weighted by Gasteiger charge is -2.60. The van der Waals surface area contributed by atoms with Gasteiger partial charge in [-0.25, -0.2) is 0 Å². The smallest absolute Gasteiger partial charge is 0.316 e. The summed E-state index contributed by atoms with van der Waals surface area (Å²) >= 11 is 3.24. The molecule has 4 nitrogen and oxygen atoms in total. The highest BCUT2D eigenvalue weighted by atomic mass is 79.9. The predicted octanol–water partition coefficient (Wildman–Crippen LogP) is 4.64. The Kier molecular flexibility index (Phi) is 5.13. The summed E-state index contributed by atoms with van der Waals surface area (Å²) in [6, 6.07) is 0. The maximum absolute atomic E-state index is 12.4.